The number of benzene rings is 2. The van der Waals surface area contributed by atoms with Crippen LogP contribution in [0.4, 0.5) is 16.3 Å². The second-order valence-corrected chi connectivity index (χ2v) is 10.7. The van der Waals surface area contributed by atoms with E-state index in [1.807, 2.05) is 48.2 Å². The summed E-state index contributed by atoms with van der Waals surface area (Å²) >= 11 is 1.50. The number of hydrogen-bond acceptors (Lipinski definition) is 8. The lowest BCUT2D eigenvalue weighted by atomic mass is 10.0. The first-order chi connectivity index (χ1) is 18.5. The smallest absolute Gasteiger partial charge is 0.417 e. The maximum Gasteiger partial charge on any atom is 0.417 e. The number of carbonyl (C=O) groups excluding carboxylic acids is 1. The zero-order valence-corrected chi connectivity index (χ0v) is 22.0. The van der Waals surface area contributed by atoms with Gasteiger partial charge in [-0.05, 0) is 67.6 Å². The summed E-state index contributed by atoms with van der Waals surface area (Å²) in [6.07, 6.45) is 4.10. The van der Waals surface area contributed by atoms with Crippen LogP contribution in [-0.2, 0) is 6.42 Å². The summed E-state index contributed by atoms with van der Waals surface area (Å²) in [4.78, 5) is 41.4. The molecule has 1 fully saturated rings. The number of ether oxygens (including phenoxy) is 1. The summed E-state index contributed by atoms with van der Waals surface area (Å²) in [6, 6.07) is 11.8. The molecule has 2 aromatic heterocycles. The number of hydrogen-bond donors (Lipinski definition) is 2. The van der Waals surface area contributed by atoms with Crippen molar-refractivity contribution >= 4 is 40.4 Å². The summed E-state index contributed by atoms with van der Waals surface area (Å²) in [5.41, 5.74) is 4.14. The highest BCUT2D eigenvalue weighted by Gasteiger charge is 2.30. The Morgan fingerprint density at radius 3 is 2.74 bits per heavy atom. The molecule has 2 aliphatic rings. The number of H-pyrrole nitrogens is 1. The number of methoxy groups -OCH3 is 1. The van der Waals surface area contributed by atoms with Crippen molar-refractivity contribution in [2.24, 2.45) is 0 Å². The monoisotopic (exact) mass is 532 g/mol. The van der Waals surface area contributed by atoms with E-state index in [0.717, 1.165) is 70.7 Å². The van der Waals surface area contributed by atoms with Crippen molar-refractivity contribution in [3.63, 3.8) is 0 Å². The number of nitrogens with one attached hydrogen (secondary N) is 2. The van der Waals surface area contributed by atoms with Crippen LogP contribution >= 0.6 is 11.8 Å². The van der Waals surface area contributed by atoms with Crippen molar-refractivity contribution < 1.29 is 13.9 Å². The van der Waals surface area contributed by atoms with Gasteiger partial charge >= 0.3 is 11.8 Å². The van der Waals surface area contributed by atoms with Gasteiger partial charge in [-0.2, -0.15) is 0 Å². The summed E-state index contributed by atoms with van der Waals surface area (Å²) in [5.74, 6) is 1.21. The largest absolute Gasteiger partial charge is 0.497 e. The number of anilines is 2. The Bertz CT molecular complexity index is 1560. The van der Waals surface area contributed by atoms with E-state index in [1.165, 1.54) is 11.8 Å². The Hall–Kier alpha value is -3.99. The first-order valence-electron chi connectivity index (χ1n) is 12.6. The Balaban J connectivity index is 1.11. The van der Waals surface area contributed by atoms with Crippen molar-refractivity contribution in [2.75, 3.05) is 37.0 Å². The Kier molecular flexibility index (Phi) is 6.44. The van der Waals surface area contributed by atoms with Crippen LogP contribution in [0.5, 0.6) is 5.75 Å². The molecule has 38 heavy (non-hydrogen) atoms. The number of aryl methyl sites for hydroxylation is 1. The fourth-order valence-electron chi connectivity index (χ4n) is 5.24. The Labute approximate surface area is 223 Å². The number of aromatic amines is 1. The lowest BCUT2D eigenvalue weighted by molar-refractivity contribution is 0.177. The quantitative estimate of drug-likeness (QED) is 0.363. The van der Waals surface area contributed by atoms with Gasteiger partial charge in [-0.25, -0.2) is 19.6 Å². The normalized spacial score (nSPS) is 16.3. The molecule has 0 radical (unpaired) electrons. The number of amides is 2. The van der Waals surface area contributed by atoms with E-state index in [9.17, 15) is 9.59 Å². The zero-order chi connectivity index (χ0) is 26.2. The van der Waals surface area contributed by atoms with Gasteiger partial charge in [0.2, 0.25) is 0 Å². The van der Waals surface area contributed by atoms with Crippen LogP contribution in [0.15, 0.2) is 61.9 Å². The molecular formula is C27H28N6O4S. The fourth-order valence-corrected chi connectivity index (χ4v) is 6.15. The van der Waals surface area contributed by atoms with Crippen molar-refractivity contribution in [1.82, 2.24) is 19.9 Å². The van der Waals surface area contributed by atoms with E-state index in [1.54, 1.807) is 13.4 Å². The van der Waals surface area contributed by atoms with Gasteiger partial charge in [0.15, 0.2) is 5.58 Å². The number of oxazole rings is 1. The Morgan fingerprint density at radius 1 is 1.08 bits per heavy atom. The molecular weight excluding hydrogens is 504 g/mol. The number of piperidine rings is 1. The lowest BCUT2D eigenvalue weighted by Crippen LogP contribution is -2.49. The molecule has 0 atom stereocenters. The highest BCUT2D eigenvalue weighted by atomic mass is 32.2. The third-order valence-corrected chi connectivity index (χ3v) is 8.12. The highest BCUT2D eigenvalue weighted by Crippen LogP contribution is 2.32. The Morgan fingerprint density at radius 2 is 1.92 bits per heavy atom. The fraction of sp³-hybridized carbons (Fsp3) is 0.333. The summed E-state index contributed by atoms with van der Waals surface area (Å²) in [5, 5.41) is 3.89. The molecule has 4 heterocycles. The average molecular weight is 533 g/mol. The van der Waals surface area contributed by atoms with Crippen molar-refractivity contribution in [1.29, 1.82) is 0 Å². The number of carbonyl (C=O) groups is 1. The SMILES string of the molecule is COc1ccc2c(c1)CCN(C1CCN(c3cc(Sc4cc(C)c5[nH]c(=O)oc5c4)ncn3)CC1)C(=O)N2. The van der Waals surface area contributed by atoms with Gasteiger partial charge in [0.05, 0.1) is 12.6 Å². The van der Waals surface area contributed by atoms with Gasteiger partial charge in [0.25, 0.3) is 0 Å². The van der Waals surface area contributed by atoms with Crippen LogP contribution in [0.2, 0.25) is 0 Å². The van der Waals surface area contributed by atoms with Crippen LogP contribution in [0.1, 0.15) is 24.0 Å². The number of urea groups is 1. The number of nitrogens with zero attached hydrogens (tertiary/aromatic N) is 4. The molecule has 6 rings (SSSR count). The second kappa shape index (κ2) is 10.1. The number of aromatic nitrogens is 3. The predicted molar refractivity (Wildman–Crippen MR) is 145 cm³/mol. The van der Waals surface area contributed by atoms with E-state index < -0.39 is 5.76 Å². The highest BCUT2D eigenvalue weighted by molar-refractivity contribution is 7.99. The first kappa shape index (κ1) is 24.4. The minimum atomic E-state index is -0.458. The standard InChI is InChI=1S/C27H28N6O4S/c1-16-11-20(13-22-25(16)31-27(35)37-22)38-24-14-23(28-15-29-24)32-8-6-18(7-9-32)33-10-5-17-12-19(36-2)3-4-21(17)30-26(33)34/h3-4,11-15,18H,5-10H2,1-2H3,(H,30,34)(H,31,35). The lowest BCUT2D eigenvalue weighted by Gasteiger charge is -2.38. The molecule has 0 unspecified atom stereocenters. The molecule has 4 aromatic rings. The van der Waals surface area contributed by atoms with Crippen LogP contribution in [0.25, 0.3) is 11.1 Å². The van der Waals surface area contributed by atoms with E-state index in [0.29, 0.717) is 17.6 Å². The van der Waals surface area contributed by atoms with Gasteiger partial charge in [-0.1, -0.05) is 11.8 Å². The van der Waals surface area contributed by atoms with E-state index >= 15 is 0 Å². The van der Waals surface area contributed by atoms with Gasteiger partial charge in [0, 0.05) is 42.3 Å². The minimum Gasteiger partial charge on any atom is -0.497 e. The molecule has 0 spiro atoms. The van der Waals surface area contributed by atoms with Gasteiger partial charge < -0.3 is 24.3 Å². The molecule has 0 aliphatic carbocycles. The topological polar surface area (TPSA) is 117 Å². The summed E-state index contributed by atoms with van der Waals surface area (Å²) in [7, 11) is 1.65. The second-order valence-electron chi connectivity index (χ2n) is 9.56. The van der Waals surface area contributed by atoms with Crippen LogP contribution in [0.3, 0.4) is 0 Å². The molecule has 196 valence electrons. The number of rotatable bonds is 5. The van der Waals surface area contributed by atoms with Crippen LogP contribution < -0.4 is 20.7 Å². The molecule has 2 amide bonds. The van der Waals surface area contributed by atoms with E-state index in [4.69, 9.17) is 9.15 Å². The molecule has 2 aliphatic heterocycles. The molecule has 0 bridgehead atoms. The molecule has 1 saturated heterocycles. The van der Waals surface area contributed by atoms with Crippen molar-refractivity contribution in [3.8, 4) is 5.75 Å². The molecule has 2 N–H and O–H groups in total. The predicted octanol–water partition coefficient (Wildman–Crippen LogP) is 4.44. The minimum absolute atomic E-state index is 0.0430. The zero-order valence-electron chi connectivity index (χ0n) is 21.2. The number of fused-ring (bicyclic) bond motifs is 2. The molecule has 2 aromatic carbocycles. The van der Waals surface area contributed by atoms with E-state index in [-0.39, 0.29) is 12.1 Å². The van der Waals surface area contributed by atoms with Crippen molar-refractivity contribution in [2.45, 2.75) is 42.1 Å². The molecule has 11 heteroatoms. The van der Waals surface area contributed by atoms with Gasteiger partial charge in [-0.3, -0.25) is 4.98 Å². The third-order valence-electron chi connectivity index (χ3n) is 7.22. The average Bonchev–Trinajstić information content (AvgIpc) is 3.22. The van der Waals surface area contributed by atoms with Crippen LogP contribution in [0, 0.1) is 6.92 Å². The van der Waals surface area contributed by atoms with Crippen LogP contribution in [-0.4, -0.2) is 58.7 Å². The molecule has 0 saturated carbocycles. The summed E-state index contributed by atoms with van der Waals surface area (Å²) < 4.78 is 10.6. The van der Waals surface area contributed by atoms with Crippen molar-refractivity contribution in [3.05, 3.63) is 64.4 Å². The summed E-state index contributed by atoms with van der Waals surface area (Å²) in [6.45, 7) is 4.22. The third kappa shape index (κ3) is 4.81. The molecule has 10 nitrogen and oxygen atoms in total. The van der Waals surface area contributed by atoms with Gasteiger partial charge in [0.1, 0.15) is 22.9 Å². The van der Waals surface area contributed by atoms with Gasteiger partial charge in [-0.15, -0.1) is 0 Å². The maximum absolute atomic E-state index is 13.0. The first-order valence-corrected chi connectivity index (χ1v) is 13.4. The maximum atomic E-state index is 13.0. The van der Waals surface area contributed by atoms with E-state index in [2.05, 4.69) is 25.2 Å².